The van der Waals surface area contributed by atoms with E-state index in [1.807, 2.05) is 26.8 Å². The van der Waals surface area contributed by atoms with E-state index < -0.39 is 0 Å². The molecule has 0 fully saturated rings. The maximum atomic E-state index is 12.2. The summed E-state index contributed by atoms with van der Waals surface area (Å²) in [6, 6.07) is 2.00. The number of Topliss-reactive ketones (excluding diaryl/α,β-unsaturated/α-hetero) is 1. The Morgan fingerprint density at radius 3 is 2.50 bits per heavy atom. The number of hydrogen-bond acceptors (Lipinski definition) is 3. The predicted octanol–water partition coefficient (Wildman–Crippen LogP) is 4.68. The van der Waals surface area contributed by atoms with Crippen LogP contribution in [-0.2, 0) is 6.42 Å². The molecule has 0 bridgehead atoms. The Morgan fingerprint density at radius 2 is 1.94 bits per heavy atom. The van der Waals surface area contributed by atoms with Crippen molar-refractivity contribution in [3.05, 3.63) is 16.5 Å². The molecule has 0 atom stereocenters. The lowest BCUT2D eigenvalue weighted by atomic mass is 9.87. The van der Waals surface area contributed by atoms with Crippen LogP contribution < -0.4 is 5.73 Å². The quantitative estimate of drug-likeness (QED) is 0.600. The van der Waals surface area contributed by atoms with Gasteiger partial charge in [0, 0.05) is 10.3 Å². The Hall–Kier alpha value is -0.830. The van der Waals surface area contributed by atoms with Gasteiger partial charge < -0.3 is 5.73 Å². The van der Waals surface area contributed by atoms with Crippen LogP contribution >= 0.6 is 11.3 Å². The molecule has 0 unspecified atom stereocenters. The van der Waals surface area contributed by atoms with Gasteiger partial charge in [0.2, 0.25) is 0 Å². The molecule has 1 aromatic heterocycles. The first-order valence-electron chi connectivity index (χ1n) is 6.79. The van der Waals surface area contributed by atoms with E-state index in [9.17, 15) is 4.79 Å². The van der Waals surface area contributed by atoms with Crippen molar-refractivity contribution >= 4 is 22.1 Å². The van der Waals surface area contributed by atoms with Crippen LogP contribution in [0.15, 0.2) is 6.07 Å². The molecule has 0 aliphatic rings. The fourth-order valence-electron chi connectivity index (χ4n) is 1.89. The van der Waals surface area contributed by atoms with E-state index in [0.717, 1.165) is 12.0 Å². The maximum Gasteiger partial charge on any atom is 0.171 e. The summed E-state index contributed by atoms with van der Waals surface area (Å²) < 4.78 is 0. The summed E-state index contributed by atoms with van der Waals surface area (Å²) in [6.45, 7) is 8.03. The first-order chi connectivity index (χ1) is 8.36. The zero-order valence-electron chi connectivity index (χ0n) is 12.0. The molecule has 18 heavy (non-hydrogen) atoms. The van der Waals surface area contributed by atoms with E-state index in [1.165, 1.54) is 30.6 Å². The van der Waals surface area contributed by atoms with Gasteiger partial charge >= 0.3 is 0 Å². The van der Waals surface area contributed by atoms with Crippen molar-refractivity contribution < 1.29 is 4.79 Å². The Morgan fingerprint density at radius 1 is 1.28 bits per heavy atom. The molecule has 3 heteroatoms. The third kappa shape index (κ3) is 4.13. The number of hydrogen-bond donors (Lipinski definition) is 1. The van der Waals surface area contributed by atoms with E-state index in [1.54, 1.807) is 11.3 Å². The zero-order valence-corrected chi connectivity index (χ0v) is 12.8. The number of nitrogens with two attached hydrogens (primary N) is 1. The van der Waals surface area contributed by atoms with Gasteiger partial charge in [-0.25, -0.2) is 0 Å². The van der Waals surface area contributed by atoms with Gasteiger partial charge in [0.1, 0.15) is 0 Å². The number of carbonyl (C=O) groups is 1. The van der Waals surface area contributed by atoms with Gasteiger partial charge in [-0.1, -0.05) is 47.0 Å². The standard InChI is InChI=1S/C15H25NOS/c1-5-6-7-8-9-11-10-12(14(16)18-11)13(17)15(2,3)4/h10H,5-9,16H2,1-4H3. The minimum atomic E-state index is -0.353. The molecule has 1 heterocycles. The second kappa shape index (κ2) is 6.37. The number of anilines is 1. The highest BCUT2D eigenvalue weighted by Gasteiger charge is 2.26. The summed E-state index contributed by atoms with van der Waals surface area (Å²) in [5, 5.41) is 0.681. The van der Waals surface area contributed by atoms with Crippen molar-refractivity contribution in [2.45, 2.75) is 59.8 Å². The summed E-state index contributed by atoms with van der Waals surface area (Å²) >= 11 is 1.57. The molecule has 0 aromatic carbocycles. The molecule has 0 amide bonds. The van der Waals surface area contributed by atoms with Crippen LogP contribution in [0.25, 0.3) is 0 Å². The second-order valence-corrected chi connectivity index (χ2v) is 7.05. The molecule has 0 saturated carbocycles. The van der Waals surface area contributed by atoms with Crippen molar-refractivity contribution in [3.63, 3.8) is 0 Å². The number of carbonyl (C=O) groups excluding carboxylic acids is 1. The average molecular weight is 267 g/mol. The van der Waals surface area contributed by atoms with Gasteiger partial charge in [0.25, 0.3) is 0 Å². The largest absolute Gasteiger partial charge is 0.390 e. The molecule has 2 nitrogen and oxygen atoms in total. The highest BCUT2D eigenvalue weighted by Crippen LogP contribution is 2.31. The lowest BCUT2D eigenvalue weighted by molar-refractivity contribution is 0.0859. The van der Waals surface area contributed by atoms with Crippen LogP contribution in [0.4, 0.5) is 5.00 Å². The van der Waals surface area contributed by atoms with E-state index in [-0.39, 0.29) is 11.2 Å². The minimum absolute atomic E-state index is 0.149. The third-order valence-corrected chi connectivity index (χ3v) is 4.04. The lowest BCUT2D eigenvalue weighted by Crippen LogP contribution is -2.20. The minimum Gasteiger partial charge on any atom is -0.390 e. The number of thiophene rings is 1. The van der Waals surface area contributed by atoms with Gasteiger partial charge in [0.05, 0.1) is 10.6 Å². The van der Waals surface area contributed by atoms with Crippen molar-refractivity contribution in [2.75, 3.05) is 5.73 Å². The van der Waals surface area contributed by atoms with Crippen LogP contribution in [0.2, 0.25) is 0 Å². The molecule has 0 saturated heterocycles. The van der Waals surface area contributed by atoms with Crippen molar-refractivity contribution in [1.29, 1.82) is 0 Å². The Kier molecular flexibility index (Phi) is 5.39. The van der Waals surface area contributed by atoms with Gasteiger partial charge in [-0.05, 0) is 18.9 Å². The number of nitrogen functional groups attached to an aromatic ring is 1. The summed E-state index contributed by atoms with van der Waals surface area (Å²) in [6.07, 6.45) is 6.04. The normalized spacial score (nSPS) is 11.8. The molecule has 1 rings (SSSR count). The molecule has 2 N–H and O–H groups in total. The summed E-state index contributed by atoms with van der Waals surface area (Å²) in [5.41, 5.74) is 6.33. The lowest BCUT2D eigenvalue weighted by Gasteiger charge is -2.15. The first kappa shape index (κ1) is 15.2. The number of rotatable bonds is 6. The zero-order chi connectivity index (χ0) is 13.8. The summed E-state index contributed by atoms with van der Waals surface area (Å²) in [7, 11) is 0. The SMILES string of the molecule is CCCCCCc1cc(C(=O)C(C)(C)C)c(N)s1. The monoisotopic (exact) mass is 267 g/mol. The molecule has 102 valence electrons. The van der Waals surface area contributed by atoms with Crippen molar-refractivity contribution in [1.82, 2.24) is 0 Å². The highest BCUT2D eigenvalue weighted by molar-refractivity contribution is 7.16. The Balaban J connectivity index is 2.67. The summed E-state index contributed by atoms with van der Waals surface area (Å²) in [4.78, 5) is 13.4. The number of ketones is 1. The fourth-order valence-corrected chi connectivity index (χ4v) is 2.86. The molecule has 1 aromatic rings. The Bertz CT molecular complexity index is 401. The molecular weight excluding hydrogens is 242 g/mol. The van der Waals surface area contributed by atoms with E-state index in [0.29, 0.717) is 5.00 Å². The van der Waals surface area contributed by atoms with Crippen LogP contribution in [0.1, 0.15) is 68.6 Å². The van der Waals surface area contributed by atoms with Crippen LogP contribution in [0.5, 0.6) is 0 Å². The van der Waals surface area contributed by atoms with Crippen molar-refractivity contribution in [3.8, 4) is 0 Å². The van der Waals surface area contributed by atoms with Crippen molar-refractivity contribution in [2.24, 2.45) is 5.41 Å². The van der Waals surface area contributed by atoms with Crippen LogP contribution in [0, 0.1) is 5.41 Å². The van der Waals surface area contributed by atoms with Gasteiger partial charge in [-0.2, -0.15) is 0 Å². The topological polar surface area (TPSA) is 43.1 Å². The van der Waals surface area contributed by atoms with Crippen LogP contribution in [-0.4, -0.2) is 5.78 Å². The molecular formula is C15H25NOS. The number of unbranched alkanes of at least 4 members (excludes halogenated alkanes) is 3. The average Bonchev–Trinajstić information content (AvgIpc) is 2.63. The molecule has 0 aliphatic heterocycles. The van der Waals surface area contributed by atoms with E-state index in [4.69, 9.17) is 5.73 Å². The molecule has 0 aliphatic carbocycles. The smallest absolute Gasteiger partial charge is 0.171 e. The Labute approximate surface area is 115 Å². The predicted molar refractivity (Wildman–Crippen MR) is 80.4 cm³/mol. The maximum absolute atomic E-state index is 12.2. The third-order valence-electron chi connectivity index (χ3n) is 3.01. The number of aryl methyl sites for hydroxylation is 1. The van der Waals surface area contributed by atoms with Gasteiger partial charge in [-0.15, -0.1) is 11.3 Å². The molecule has 0 spiro atoms. The first-order valence-corrected chi connectivity index (χ1v) is 7.61. The fraction of sp³-hybridized carbons (Fsp3) is 0.667. The molecule has 0 radical (unpaired) electrons. The highest BCUT2D eigenvalue weighted by atomic mass is 32.1. The van der Waals surface area contributed by atoms with E-state index >= 15 is 0 Å². The second-order valence-electron chi connectivity index (χ2n) is 5.88. The van der Waals surface area contributed by atoms with Crippen LogP contribution in [0.3, 0.4) is 0 Å². The van der Waals surface area contributed by atoms with Gasteiger partial charge in [0.15, 0.2) is 5.78 Å². The summed E-state index contributed by atoms with van der Waals surface area (Å²) in [5.74, 6) is 0.149. The van der Waals surface area contributed by atoms with Gasteiger partial charge in [-0.3, -0.25) is 4.79 Å². The van der Waals surface area contributed by atoms with E-state index in [2.05, 4.69) is 6.92 Å².